The summed E-state index contributed by atoms with van der Waals surface area (Å²) in [6.07, 6.45) is 2.98. The first-order valence-electron chi connectivity index (χ1n) is 7.44. The maximum Gasteiger partial charge on any atom is 0.119 e. The molecule has 2 nitrogen and oxygen atoms in total. The molecule has 0 aliphatic heterocycles. The van der Waals surface area contributed by atoms with E-state index >= 15 is 0 Å². The average molecular weight is 302 g/mol. The molecule has 3 rings (SSSR count). The Morgan fingerprint density at radius 3 is 2.76 bits per heavy atom. The Labute approximate surface area is 130 Å². The Kier molecular flexibility index (Phi) is 4.18. The third-order valence-electron chi connectivity index (χ3n) is 4.19. The Hall–Kier alpha value is -1.51. The Morgan fingerprint density at radius 2 is 2.00 bits per heavy atom. The van der Waals surface area contributed by atoms with Gasteiger partial charge < -0.3 is 10.4 Å². The van der Waals surface area contributed by atoms with E-state index < -0.39 is 0 Å². The van der Waals surface area contributed by atoms with Gasteiger partial charge >= 0.3 is 0 Å². The molecule has 0 bridgehead atoms. The van der Waals surface area contributed by atoms with Crippen molar-refractivity contribution in [3.8, 4) is 5.75 Å². The predicted molar refractivity (Wildman–Crippen MR) is 86.9 cm³/mol. The lowest BCUT2D eigenvalue weighted by Crippen LogP contribution is -2.31. The molecular weight excluding hydrogens is 282 g/mol. The SMILES string of the molecule is CC(Cc1ccc(Cl)cc1)NC1CCc2c(O)cccc21. The number of hydrogen-bond acceptors (Lipinski definition) is 2. The van der Waals surface area contributed by atoms with Crippen molar-refractivity contribution < 1.29 is 5.11 Å². The van der Waals surface area contributed by atoms with Gasteiger partial charge in [0.1, 0.15) is 5.75 Å². The number of benzene rings is 2. The maximum absolute atomic E-state index is 9.90. The standard InChI is InChI=1S/C18H20ClNO/c1-12(11-13-5-7-14(19)8-6-13)20-17-10-9-16-15(17)3-2-4-18(16)21/h2-8,12,17,20-21H,9-11H2,1H3. The highest BCUT2D eigenvalue weighted by Gasteiger charge is 2.25. The van der Waals surface area contributed by atoms with E-state index in [0.29, 0.717) is 17.8 Å². The van der Waals surface area contributed by atoms with Crippen molar-refractivity contribution in [1.82, 2.24) is 5.32 Å². The van der Waals surface area contributed by atoms with E-state index in [0.717, 1.165) is 29.8 Å². The molecule has 3 heteroatoms. The number of nitrogens with one attached hydrogen (secondary N) is 1. The van der Waals surface area contributed by atoms with Gasteiger partial charge in [-0.25, -0.2) is 0 Å². The van der Waals surface area contributed by atoms with Crippen molar-refractivity contribution in [3.05, 3.63) is 64.2 Å². The van der Waals surface area contributed by atoms with E-state index in [1.165, 1.54) is 11.1 Å². The lowest BCUT2D eigenvalue weighted by atomic mass is 10.0. The smallest absolute Gasteiger partial charge is 0.119 e. The number of aromatic hydroxyl groups is 1. The van der Waals surface area contributed by atoms with Crippen LogP contribution in [0, 0.1) is 0 Å². The zero-order valence-corrected chi connectivity index (χ0v) is 12.9. The lowest BCUT2D eigenvalue weighted by molar-refractivity contribution is 0.451. The highest BCUT2D eigenvalue weighted by atomic mass is 35.5. The van der Waals surface area contributed by atoms with Crippen LogP contribution >= 0.6 is 11.6 Å². The van der Waals surface area contributed by atoms with Crippen molar-refractivity contribution in [2.45, 2.75) is 38.3 Å². The van der Waals surface area contributed by atoms with Crippen molar-refractivity contribution in [2.24, 2.45) is 0 Å². The molecule has 1 aliphatic rings. The van der Waals surface area contributed by atoms with E-state index in [2.05, 4.69) is 30.4 Å². The molecule has 2 unspecified atom stereocenters. The van der Waals surface area contributed by atoms with E-state index in [1.54, 1.807) is 6.07 Å². The van der Waals surface area contributed by atoms with Gasteiger partial charge in [-0.2, -0.15) is 0 Å². The molecule has 2 aromatic carbocycles. The molecule has 0 radical (unpaired) electrons. The molecule has 0 aromatic heterocycles. The van der Waals surface area contributed by atoms with E-state index in [4.69, 9.17) is 11.6 Å². The zero-order chi connectivity index (χ0) is 14.8. The van der Waals surface area contributed by atoms with Gasteiger partial charge in [0.15, 0.2) is 0 Å². The van der Waals surface area contributed by atoms with E-state index in [1.807, 2.05) is 18.2 Å². The van der Waals surface area contributed by atoms with Crippen LogP contribution in [0.25, 0.3) is 0 Å². The Balaban J connectivity index is 1.65. The minimum absolute atomic E-state index is 0.342. The molecule has 0 heterocycles. The van der Waals surface area contributed by atoms with Gasteiger partial charge in [-0.15, -0.1) is 0 Å². The maximum atomic E-state index is 9.90. The number of halogens is 1. The fourth-order valence-corrected chi connectivity index (χ4v) is 3.31. The summed E-state index contributed by atoms with van der Waals surface area (Å²) in [7, 11) is 0. The highest BCUT2D eigenvalue weighted by molar-refractivity contribution is 6.30. The normalized spacial score (nSPS) is 18.5. The lowest BCUT2D eigenvalue weighted by Gasteiger charge is -2.20. The minimum Gasteiger partial charge on any atom is -0.508 e. The third-order valence-corrected chi connectivity index (χ3v) is 4.44. The Bertz CT molecular complexity index is 624. The summed E-state index contributed by atoms with van der Waals surface area (Å²) in [6.45, 7) is 2.20. The molecule has 21 heavy (non-hydrogen) atoms. The first-order valence-corrected chi connectivity index (χ1v) is 7.82. The third kappa shape index (κ3) is 3.22. The molecule has 2 atom stereocenters. The van der Waals surface area contributed by atoms with Crippen molar-refractivity contribution in [2.75, 3.05) is 0 Å². The van der Waals surface area contributed by atoms with Gasteiger partial charge in [0.05, 0.1) is 0 Å². The van der Waals surface area contributed by atoms with Gasteiger partial charge in [-0.3, -0.25) is 0 Å². The molecule has 0 spiro atoms. The highest BCUT2D eigenvalue weighted by Crippen LogP contribution is 2.36. The van der Waals surface area contributed by atoms with Crippen molar-refractivity contribution in [1.29, 1.82) is 0 Å². The fraction of sp³-hybridized carbons (Fsp3) is 0.333. The van der Waals surface area contributed by atoms with Gasteiger partial charge in [-0.05, 0) is 61.1 Å². The summed E-state index contributed by atoms with van der Waals surface area (Å²) in [5.74, 6) is 0.433. The number of phenols is 1. The monoisotopic (exact) mass is 301 g/mol. The second-order valence-corrected chi connectivity index (χ2v) is 6.27. The molecule has 0 saturated carbocycles. The van der Waals surface area contributed by atoms with Crippen LogP contribution in [-0.4, -0.2) is 11.1 Å². The molecule has 1 aliphatic carbocycles. The summed E-state index contributed by atoms with van der Waals surface area (Å²) < 4.78 is 0. The van der Waals surface area contributed by atoms with Crippen LogP contribution in [0.1, 0.15) is 36.1 Å². The van der Waals surface area contributed by atoms with Crippen molar-refractivity contribution in [3.63, 3.8) is 0 Å². The summed E-state index contributed by atoms with van der Waals surface area (Å²) in [4.78, 5) is 0. The number of fused-ring (bicyclic) bond motifs is 1. The van der Waals surface area contributed by atoms with Crippen LogP contribution < -0.4 is 5.32 Å². The van der Waals surface area contributed by atoms with E-state index in [-0.39, 0.29) is 0 Å². The zero-order valence-electron chi connectivity index (χ0n) is 12.1. The number of rotatable bonds is 4. The molecule has 0 saturated heterocycles. The summed E-state index contributed by atoms with van der Waals surface area (Å²) in [5, 5.41) is 14.4. The largest absolute Gasteiger partial charge is 0.508 e. The summed E-state index contributed by atoms with van der Waals surface area (Å²) >= 11 is 5.92. The fourth-order valence-electron chi connectivity index (χ4n) is 3.18. The molecule has 0 fully saturated rings. The van der Waals surface area contributed by atoms with Crippen LogP contribution in [0.4, 0.5) is 0 Å². The van der Waals surface area contributed by atoms with Gasteiger partial charge in [0.2, 0.25) is 0 Å². The van der Waals surface area contributed by atoms with Crippen molar-refractivity contribution >= 4 is 11.6 Å². The van der Waals surface area contributed by atoms with Crippen LogP contribution in [-0.2, 0) is 12.8 Å². The van der Waals surface area contributed by atoms with Gasteiger partial charge in [0.25, 0.3) is 0 Å². The number of phenolic OH excluding ortho intramolecular Hbond substituents is 1. The topological polar surface area (TPSA) is 32.3 Å². The van der Waals surface area contributed by atoms with Gasteiger partial charge in [-0.1, -0.05) is 35.9 Å². The van der Waals surface area contributed by atoms with E-state index in [9.17, 15) is 5.11 Å². The molecule has 110 valence electrons. The second-order valence-electron chi connectivity index (χ2n) is 5.83. The summed E-state index contributed by atoms with van der Waals surface area (Å²) in [5.41, 5.74) is 3.64. The molecule has 2 aromatic rings. The van der Waals surface area contributed by atoms with Crippen LogP contribution in [0.15, 0.2) is 42.5 Å². The minimum atomic E-state index is 0.342. The quantitative estimate of drug-likeness (QED) is 0.884. The molecular formula is C18H20ClNO. The summed E-state index contributed by atoms with van der Waals surface area (Å²) in [6, 6.07) is 14.6. The number of hydrogen-bond donors (Lipinski definition) is 2. The van der Waals surface area contributed by atoms with Gasteiger partial charge in [0, 0.05) is 17.1 Å². The van der Waals surface area contributed by atoms with Crippen LogP contribution in [0.3, 0.4) is 0 Å². The first kappa shape index (κ1) is 14.4. The van der Waals surface area contributed by atoms with Crippen LogP contribution in [0.2, 0.25) is 5.02 Å². The second kappa shape index (κ2) is 6.08. The average Bonchev–Trinajstić information content (AvgIpc) is 2.86. The van der Waals surface area contributed by atoms with Crippen LogP contribution in [0.5, 0.6) is 5.75 Å². The molecule has 2 N–H and O–H groups in total. The molecule has 0 amide bonds. The predicted octanol–water partition coefficient (Wildman–Crippen LogP) is 4.25. The Morgan fingerprint density at radius 1 is 1.24 bits per heavy atom. The first-order chi connectivity index (χ1) is 10.1.